The summed E-state index contributed by atoms with van der Waals surface area (Å²) in [5.74, 6) is -2.30. The molecule has 2 saturated heterocycles. The fourth-order valence-corrected chi connectivity index (χ4v) is 4.06. The Labute approximate surface area is 211 Å². The minimum atomic E-state index is -0.979. The van der Waals surface area contributed by atoms with Crippen LogP contribution in [0.3, 0.4) is 0 Å². The van der Waals surface area contributed by atoms with Crippen LogP contribution in [0.5, 0.6) is 0 Å². The van der Waals surface area contributed by atoms with Gasteiger partial charge in [0.05, 0.1) is 28.8 Å². The number of rotatable bonds is 7. The highest BCUT2D eigenvalue weighted by atomic mass is 16.8. The Balaban J connectivity index is 1.40. The molecule has 0 radical (unpaired) electrons. The van der Waals surface area contributed by atoms with E-state index in [4.69, 9.17) is 23.7 Å². The molecule has 196 valence electrons. The van der Waals surface area contributed by atoms with Crippen LogP contribution < -0.4 is 10.6 Å². The Morgan fingerprint density at radius 1 is 1.03 bits per heavy atom. The number of nitrogens with one attached hydrogen (secondary N) is 2. The van der Waals surface area contributed by atoms with Crippen molar-refractivity contribution in [2.24, 2.45) is 0 Å². The van der Waals surface area contributed by atoms with Gasteiger partial charge in [-0.05, 0) is 38.1 Å². The van der Waals surface area contributed by atoms with Crippen molar-refractivity contribution < 1.29 is 43.0 Å². The second-order valence-electron chi connectivity index (χ2n) is 8.70. The van der Waals surface area contributed by atoms with Crippen LogP contribution in [0, 0.1) is 10.1 Å². The normalized spacial score (nSPS) is 23.5. The third-order valence-electron chi connectivity index (χ3n) is 5.70. The van der Waals surface area contributed by atoms with Crippen molar-refractivity contribution in [3.63, 3.8) is 0 Å². The summed E-state index contributed by atoms with van der Waals surface area (Å²) < 4.78 is 27.8. The van der Waals surface area contributed by atoms with Crippen LogP contribution in [0.25, 0.3) is 0 Å². The third kappa shape index (κ3) is 5.85. The third-order valence-corrected chi connectivity index (χ3v) is 5.70. The first-order valence-electron chi connectivity index (χ1n) is 11.3. The van der Waals surface area contributed by atoms with E-state index in [1.165, 1.54) is 37.4 Å². The molecule has 2 fully saturated rings. The molecule has 13 heteroatoms. The molecule has 2 aliphatic heterocycles. The summed E-state index contributed by atoms with van der Waals surface area (Å²) in [4.78, 5) is 47.4. The molecular weight excluding hydrogens is 490 g/mol. The number of urea groups is 1. The molecule has 0 bridgehead atoms. The van der Waals surface area contributed by atoms with Gasteiger partial charge >= 0.3 is 18.0 Å². The molecule has 0 aliphatic carbocycles. The van der Waals surface area contributed by atoms with Gasteiger partial charge < -0.3 is 34.3 Å². The molecule has 4 unspecified atom stereocenters. The SMILES string of the molecule is COC(=O)c1ccccc1NC(=O)NC1OC(COC(=O)c2ccc([N+](=O)[O-])cc2)C2OC(C)(C)OC12. The topological polar surface area (TPSA) is 165 Å². The molecule has 0 saturated carbocycles. The second-order valence-corrected chi connectivity index (χ2v) is 8.70. The maximum Gasteiger partial charge on any atom is 0.339 e. The molecule has 4 atom stereocenters. The minimum absolute atomic E-state index is 0.127. The maximum atomic E-state index is 12.7. The molecule has 13 nitrogen and oxygen atoms in total. The number of non-ortho nitro benzene ring substituents is 1. The molecular formula is C24H25N3O10. The van der Waals surface area contributed by atoms with Crippen molar-refractivity contribution in [2.75, 3.05) is 19.0 Å². The number of hydrogen-bond acceptors (Lipinski definition) is 10. The van der Waals surface area contributed by atoms with E-state index in [-0.39, 0.29) is 29.1 Å². The van der Waals surface area contributed by atoms with Crippen LogP contribution in [0.2, 0.25) is 0 Å². The van der Waals surface area contributed by atoms with Gasteiger partial charge in [-0.25, -0.2) is 14.4 Å². The van der Waals surface area contributed by atoms with E-state index in [9.17, 15) is 24.5 Å². The lowest BCUT2D eigenvalue weighted by atomic mass is 10.1. The van der Waals surface area contributed by atoms with Crippen molar-refractivity contribution >= 4 is 29.3 Å². The first-order chi connectivity index (χ1) is 17.6. The number of nitro benzene ring substituents is 1. The fraction of sp³-hybridized carbons (Fsp3) is 0.375. The number of benzene rings is 2. The van der Waals surface area contributed by atoms with E-state index >= 15 is 0 Å². The molecule has 2 N–H and O–H groups in total. The van der Waals surface area contributed by atoms with Crippen LogP contribution in [0.1, 0.15) is 34.6 Å². The summed E-state index contributed by atoms with van der Waals surface area (Å²) in [7, 11) is 1.24. The van der Waals surface area contributed by atoms with E-state index in [1.807, 2.05) is 0 Å². The number of para-hydroxylation sites is 1. The molecule has 2 aliphatic rings. The Kier molecular flexibility index (Phi) is 7.38. The number of nitrogens with zero attached hydrogens (tertiary/aromatic N) is 1. The van der Waals surface area contributed by atoms with Gasteiger partial charge in [0.1, 0.15) is 24.9 Å². The Morgan fingerprint density at radius 3 is 2.38 bits per heavy atom. The predicted molar refractivity (Wildman–Crippen MR) is 126 cm³/mol. The molecule has 2 amide bonds. The number of nitro groups is 1. The van der Waals surface area contributed by atoms with Crippen molar-refractivity contribution in [1.82, 2.24) is 5.32 Å². The van der Waals surface area contributed by atoms with Crippen LogP contribution in [0.4, 0.5) is 16.2 Å². The van der Waals surface area contributed by atoms with Crippen molar-refractivity contribution in [3.05, 3.63) is 69.8 Å². The van der Waals surface area contributed by atoms with Gasteiger partial charge in [0.15, 0.2) is 12.0 Å². The summed E-state index contributed by atoms with van der Waals surface area (Å²) >= 11 is 0. The van der Waals surface area contributed by atoms with Crippen LogP contribution in [-0.2, 0) is 23.7 Å². The fourth-order valence-electron chi connectivity index (χ4n) is 4.06. The highest BCUT2D eigenvalue weighted by molar-refractivity contribution is 6.00. The maximum absolute atomic E-state index is 12.7. The molecule has 0 aromatic heterocycles. The quantitative estimate of drug-likeness (QED) is 0.318. The monoisotopic (exact) mass is 515 g/mol. The lowest BCUT2D eigenvalue weighted by molar-refractivity contribution is -0.384. The molecule has 37 heavy (non-hydrogen) atoms. The smallest absolute Gasteiger partial charge is 0.339 e. The number of amides is 2. The number of carbonyl (C=O) groups excluding carboxylic acids is 3. The largest absolute Gasteiger partial charge is 0.465 e. The van der Waals surface area contributed by atoms with E-state index in [0.29, 0.717) is 0 Å². The molecule has 4 rings (SSSR count). The average Bonchev–Trinajstić information content (AvgIpc) is 3.35. The zero-order chi connectivity index (χ0) is 26.7. The van der Waals surface area contributed by atoms with Crippen LogP contribution in [-0.4, -0.2) is 66.9 Å². The first-order valence-corrected chi connectivity index (χ1v) is 11.3. The molecule has 2 aromatic rings. The number of anilines is 1. The van der Waals surface area contributed by atoms with E-state index < -0.39 is 53.2 Å². The second kappa shape index (κ2) is 10.5. The standard InChI is InChI=1S/C24H25N3O10/c1-24(2)36-18-17(12-34-21(28)13-8-10-14(11-9-13)27(31)32)35-20(19(18)37-24)26-23(30)25-16-7-5-4-6-15(16)22(29)33-3/h4-11,17-20H,12H2,1-3H3,(H2,25,26,30). The zero-order valence-corrected chi connectivity index (χ0v) is 20.2. The highest BCUT2D eigenvalue weighted by Gasteiger charge is 2.56. The molecule has 2 aromatic carbocycles. The Morgan fingerprint density at radius 2 is 1.70 bits per heavy atom. The lowest BCUT2D eigenvalue weighted by Gasteiger charge is -2.24. The van der Waals surface area contributed by atoms with Crippen molar-refractivity contribution in [1.29, 1.82) is 0 Å². The average molecular weight is 515 g/mol. The number of esters is 2. The highest BCUT2D eigenvalue weighted by Crippen LogP contribution is 2.38. The lowest BCUT2D eigenvalue weighted by Crippen LogP contribution is -2.45. The molecule has 0 spiro atoms. The summed E-state index contributed by atoms with van der Waals surface area (Å²) in [5.41, 5.74) is 0.378. The van der Waals surface area contributed by atoms with Gasteiger partial charge in [-0.2, -0.15) is 0 Å². The Hall–Kier alpha value is -4.07. The number of ether oxygens (including phenoxy) is 5. The number of carbonyl (C=O) groups is 3. The van der Waals surface area contributed by atoms with Gasteiger partial charge in [0.25, 0.3) is 5.69 Å². The van der Waals surface area contributed by atoms with Gasteiger partial charge in [-0.3, -0.25) is 10.1 Å². The number of methoxy groups -OCH3 is 1. The van der Waals surface area contributed by atoms with Crippen LogP contribution >= 0.6 is 0 Å². The first kappa shape index (κ1) is 26.0. The van der Waals surface area contributed by atoms with Crippen molar-refractivity contribution in [3.8, 4) is 0 Å². The van der Waals surface area contributed by atoms with Crippen LogP contribution in [0.15, 0.2) is 48.5 Å². The van der Waals surface area contributed by atoms with E-state index in [2.05, 4.69) is 10.6 Å². The van der Waals surface area contributed by atoms with Gasteiger partial charge in [-0.15, -0.1) is 0 Å². The van der Waals surface area contributed by atoms with Gasteiger partial charge in [0, 0.05) is 12.1 Å². The summed E-state index contributed by atoms with van der Waals surface area (Å²) in [6.45, 7) is 3.19. The predicted octanol–water partition coefficient (Wildman–Crippen LogP) is 2.60. The summed E-state index contributed by atoms with van der Waals surface area (Å²) in [6.07, 6.45) is -3.10. The summed E-state index contributed by atoms with van der Waals surface area (Å²) in [6, 6.07) is 10.6. The van der Waals surface area contributed by atoms with E-state index in [1.54, 1.807) is 32.0 Å². The Bertz CT molecular complexity index is 1200. The summed E-state index contributed by atoms with van der Waals surface area (Å²) in [5, 5.41) is 16.0. The van der Waals surface area contributed by atoms with Crippen molar-refractivity contribution in [2.45, 2.75) is 44.2 Å². The van der Waals surface area contributed by atoms with E-state index in [0.717, 1.165) is 0 Å². The van der Waals surface area contributed by atoms with Gasteiger partial charge in [-0.1, -0.05) is 12.1 Å². The number of fused-ring (bicyclic) bond motifs is 1. The molecule has 2 heterocycles. The van der Waals surface area contributed by atoms with Gasteiger partial charge in [0.2, 0.25) is 0 Å². The zero-order valence-electron chi connectivity index (χ0n) is 20.2. The number of hydrogen-bond donors (Lipinski definition) is 2. The minimum Gasteiger partial charge on any atom is -0.465 e.